The molecule has 0 spiro atoms. The molecule has 1 N–H and O–H groups in total. The zero-order valence-corrected chi connectivity index (χ0v) is 13.8. The van der Waals surface area contributed by atoms with E-state index in [4.69, 9.17) is 0 Å². The fourth-order valence-corrected chi connectivity index (χ4v) is 2.84. The lowest BCUT2D eigenvalue weighted by Crippen LogP contribution is -2.37. The van der Waals surface area contributed by atoms with Crippen molar-refractivity contribution in [3.63, 3.8) is 0 Å². The minimum Gasteiger partial charge on any atom is -0.323 e. The summed E-state index contributed by atoms with van der Waals surface area (Å²) >= 11 is 0. The van der Waals surface area contributed by atoms with E-state index in [9.17, 15) is 26.4 Å². The lowest BCUT2D eigenvalue weighted by atomic mass is 10.2. The number of nitrogens with zero attached hydrogens (tertiary/aromatic N) is 2. The SMILES string of the molecule is CS(=O)(=O)N(CC(=O)Nc1cccnc1)c1ccc(C(F)(F)F)cc1. The average Bonchev–Trinajstić information content (AvgIpc) is 2.52. The summed E-state index contributed by atoms with van der Waals surface area (Å²) in [5.74, 6) is -0.654. The van der Waals surface area contributed by atoms with Crippen molar-refractivity contribution >= 4 is 27.3 Å². The fraction of sp³-hybridized carbons (Fsp3) is 0.200. The number of rotatable bonds is 5. The van der Waals surface area contributed by atoms with E-state index in [1.807, 2.05) is 0 Å². The minimum atomic E-state index is -4.54. The van der Waals surface area contributed by atoms with Gasteiger partial charge < -0.3 is 5.32 Å². The van der Waals surface area contributed by atoms with E-state index >= 15 is 0 Å². The van der Waals surface area contributed by atoms with Gasteiger partial charge in [0.25, 0.3) is 0 Å². The molecule has 134 valence electrons. The molecule has 6 nitrogen and oxygen atoms in total. The van der Waals surface area contributed by atoms with Crippen LogP contribution in [0.25, 0.3) is 0 Å². The number of carbonyl (C=O) groups is 1. The highest BCUT2D eigenvalue weighted by Crippen LogP contribution is 2.30. The predicted molar refractivity (Wildman–Crippen MR) is 86.5 cm³/mol. The lowest BCUT2D eigenvalue weighted by molar-refractivity contribution is -0.137. The molecule has 25 heavy (non-hydrogen) atoms. The third kappa shape index (κ3) is 5.18. The van der Waals surface area contributed by atoms with Crippen molar-refractivity contribution in [1.82, 2.24) is 4.98 Å². The molecule has 2 aromatic rings. The first-order chi connectivity index (χ1) is 11.6. The van der Waals surface area contributed by atoms with E-state index < -0.39 is 34.2 Å². The third-order valence-corrected chi connectivity index (χ3v) is 4.26. The highest BCUT2D eigenvalue weighted by molar-refractivity contribution is 7.92. The van der Waals surface area contributed by atoms with E-state index in [1.165, 1.54) is 12.4 Å². The van der Waals surface area contributed by atoms with Gasteiger partial charge in [0.15, 0.2) is 0 Å². The first kappa shape index (κ1) is 18.7. The van der Waals surface area contributed by atoms with Crippen molar-refractivity contribution in [2.24, 2.45) is 0 Å². The maximum atomic E-state index is 12.6. The Morgan fingerprint density at radius 3 is 2.32 bits per heavy atom. The summed E-state index contributed by atoms with van der Waals surface area (Å²) in [6, 6.07) is 6.66. The summed E-state index contributed by atoms with van der Waals surface area (Å²) in [7, 11) is -3.88. The van der Waals surface area contributed by atoms with Crippen molar-refractivity contribution in [3.8, 4) is 0 Å². The maximum Gasteiger partial charge on any atom is 0.416 e. The Hall–Kier alpha value is -2.62. The summed E-state index contributed by atoms with van der Waals surface area (Å²) in [6.07, 6.45) is -0.796. The molecule has 1 heterocycles. The van der Waals surface area contributed by atoms with Gasteiger partial charge in [0, 0.05) is 6.20 Å². The van der Waals surface area contributed by atoms with Crippen LogP contribution in [0.4, 0.5) is 24.5 Å². The van der Waals surface area contributed by atoms with Crippen LogP contribution in [0, 0.1) is 0 Å². The molecule has 0 saturated carbocycles. The molecule has 1 aromatic carbocycles. The van der Waals surface area contributed by atoms with Crippen LogP contribution in [0.2, 0.25) is 0 Å². The second kappa shape index (κ2) is 7.09. The Kier molecular flexibility index (Phi) is 5.31. The van der Waals surface area contributed by atoms with Crippen LogP contribution >= 0.6 is 0 Å². The number of carbonyl (C=O) groups excluding carboxylic acids is 1. The number of nitrogens with one attached hydrogen (secondary N) is 1. The Labute approximate surface area is 142 Å². The summed E-state index contributed by atoms with van der Waals surface area (Å²) in [5, 5.41) is 2.46. The molecule has 0 saturated heterocycles. The Balaban J connectivity index is 2.21. The van der Waals surface area contributed by atoms with Gasteiger partial charge in [-0.25, -0.2) is 8.42 Å². The summed E-state index contributed by atoms with van der Waals surface area (Å²) in [5.41, 5.74) is -0.588. The second-order valence-electron chi connectivity index (χ2n) is 5.10. The molecular weight excluding hydrogens is 359 g/mol. The van der Waals surface area contributed by atoms with Gasteiger partial charge >= 0.3 is 6.18 Å². The summed E-state index contributed by atoms with van der Waals surface area (Å²) in [4.78, 5) is 15.8. The van der Waals surface area contributed by atoms with Crippen LogP contribution < -0.4 is 9.62 Å². The van der Waals surface area contributed by atoms with Crippen molar-refractivity contribution in [3.05, 3.63) is 54.4 Å². The minimum absolute atomic E-state index is 0.0446. The Bertz CT molecular complexity index is 838. The molecule has 2 rings (SSSR count). The van der Waals surface area contributed by atoms with Gasteiger partial charge in [-0.2, -0.15) is 13.2 Å². The third-order valence-electron chi connectivity index (χ3n) is 3.12. The van der Waals surface area contributed by atoms with E-state index in [-0.39, 0.29) is 5.69 Å². The molecule has 0 aliphatic heterocycles. The highest BCUT2D eigenvalue weighted by atomic mass is 32.2. The lowest BCUT2D eigenvalue weighted by Gasteiger charge is -2.22. The van der Waals surface area contributed by atoms with Gasteiger partial charge in [0.05, 0.1) is 29.4 Å². The van der Waals surface area contributed by atoms with Gasteiger partial charge in [-0.3, -0.25) is 14.1 Å². The van der Waals surface area contributed by atoms with Crippen LogP contribution in [0.15, 0.2) is 48.8 Å². The van der Waals surface area contributed by atoms with Gasteiger partial charge in [0.2, 0.25) is 15.9 Å². The number of amides is 1. The monoisotopic (exact) mass is 373 g/mol. The molecule has 1 amide bonds. The molecule has 0 atom stereocenters. The summed E-state index contributed by atoms with van der Waals surface area (Å²) in [6.45, 7) is -0.584. The fourth-order valence-electron chi connectivity index (χ4n) is 1.98. The Morgan fingerprint density at radius 2 is 1.84 bits per heavy atom. The van der Waals surface area contributed by atoms with E-state index in [0.29, 0.717) is 5.69 Å². The van der Waals surface area contributed by atoms with Gasteiger partial charge in [-0.05, 0) is 36.4 Å². The first-order valence-corrected chi connectivity index (χ1v) is 8.77. The largest absolute Gasteiger partial charge is 0.416 e. The number of anilines is 2. The molecule has 0 aliphatic carbocycles. The van der Waals surface area contributed by atoms with Crippen LogP contribution in [0.1, 0.15) is 5.56 Å². The zero-order valence-electron chi connectivity index (χ0n) is 13.0. The Morgan fingerprint density at radius 1 is 1.20 bits per heavy atom. The van der Waals surface area contributed by atoms with Crippen molar-refractivity contribution < 1.29 is 26.4 Å². The molecule has 0 radical (unpaired) electrons. The number of halogens is 3. The predicted octanol–water partition coefficient (Wildman–Crippen LogP) is 2.51. The van der Waals surface area contributed by atoms with Crippen LogP contribution in [0.3, 0.4) is 0 Å². The van der Waals surface area contributed by atoms with Crippen LogP contribution in [0.5, 0.6) is 0 Å². The number of benzene rings is 1. The molecule has 0 bridgehead atoms. The average molecular weight is 373 g/mol. The molecule has 0 aliphatic rings. The molecular formula is C15H14F3N3O3S. The van der Waals surface area contributed by atoms with Crippen LogP contribution in [-0.2, 0) is 21.0 Å². The number of pyridine rings is 1. The van der Waals surface area contributed by atoms with Crippen molar-refractivity contribution in [2.45, 2.75) is 6.18 Å². The zero-order chi connectivity index (χ0) is 18.7. The number of sulfonamides is 1. The van der Waals surface area contributed by atoms with E-state index in [2.05, 4.69) is 10.3 Å². The number of aromatic nitrogens is 1. The molecule has 1 aromatic heterocycles. The quantitative estimate of drug-likeness (QED) is 0.873. The van der Waals surface area contributed by atoms with Crippen molar-refractivity contribution in [1.29, 1.82) is 0 Å². The normalized spacial score (nSPS) is 11.8. The standard InChI is InChI=1S/C15H14F3N3O3S/c1-25(23,24)21(10-14(22)20-12-3-2-8-19-9-12)13-6-4-11(5-7-13)15(16,17)18/h2-9H,10H2,1H3,(H,20,22). The van der Waals surface area contributed by atoms with E-state index in [1.54, 1.807) is 12.1 Å². The van der Waals surface area contributed by atoms with Crippen molar-refractivity contribution in [2.75, 3.05) is 22.4 Å². The molecule has 0 fully saturated rings. The van der Waals surface area contributed by atoms with Crippen LogP contribution in [-0.4, -0.2) is 32.1 Å². The van der Waals surface area contributed by atoms with Gasteiger partial charge in [0.1, 0.15) is 6.54 Å². The van der Waals surface area contributed by atoms with E-state index in [0.717, 1.165) is 34.8 Å². The highest BCUT2D eigenvalue weighted by Gasteiger charge is 2.30. The topological polar surface area (TPSA) is 79.4 Å². The van der Waals surface area contributed by atoms with Gasteiger partial charge in [-0.1, -0.05) is 0 Å². The number of hydrogen-bond acceptors (Lipinski definition) is 4. The molecule has 0 unspecified atom stereocenters. The summed E-state index contributed by atoms with van der Waals surface area (Å²) < 4.78 is 62.4. The van der Waals surface area contributed by atoms with Gasteiger partial charge in [-0.15, -0.1) is 0 Å². The first-order valence-electron chi connectivity index (χ1n) is 6.92. The smallest absolute Gasteiger partial charge is 0.323 e. The number of hydrogen-bond donors (Lipinski definition) is 1. The number of alkyl halides is 3. The maximum absolute atomic E-state index is 12.6. The molecule has 10 heteroatoms. The second-order valence-corrected chi connectivity index (χ2v) is 7.01.